The number of ether oxygens (including phenoxy) is 6. The van der Waals surface area contributed by atoms with Gasteiger partial charge in [-0.3, -0.25) is 29.5 Å². The Morgan fingerprint density at radius 2 is 1.17 bits per heavy atom. The number of aliphatic imine (C=N–C) groups is 1. The first kappa shape index (κ1) is 63.9. The molecule has 26 heteroatoms. The number of ketones is 2. The summed E-state index contributed by atoms with van der Waals surface area (Å²) >= 11 is 11.8. The topological polar surface area (TPSA) is 380 Å². The number of hydrogen-bond donors (Lipinski definition) is 9. The number of unbranched alkanes of at least 4 members (excludes halogenated alkanes) is 3. The van der Waals surface area contributed by atoms with Crippen LogP contribution in [0.5, 0.6) is 11.5 Å². The SMILES string of the molecule is Cc1nc(N)c(C(=O)CC(=N)CCCCCc2ccc(OCCOCCOCCCC(=O)C(O)C(O)C(=O)NCCOCCOCCOc3ccc(CCCCN=C(N)NC(=O)c4nc(Cl)c(N)nc4N)cc3)cc2)nc1Cl. The maximum atomic E-state index is 12.5. The van der Waals surface area contributed by atoms with E-state index in [4.69, 9.17) is 80.0 Å². The first-order chi connectivity index (χ1) is 37.5. The number of amides is 2. The second kappa shape index (κ2) is 35.7. The number of rotatable bonds is 39. The zero-order chi connectivity index (χ0) is 56.7. The van der Waals surface area contributed by atoms with Crippen LogP contribution in [0.4, 0.5) is 17.5 Å². The Hall–Kier alpha value is -6.64. The first-order valence-electron chi connectivity index (χ1n) is 25.5. The zero-order valence-corrected chi connectivity index (χ0v) is 45.3. The summed E-state index contributed by atoms with van der Waals surface area (Å²) in [6, 6.07) is 15.5. The Bertz CT molecular complexity index is 2560. The van der Waals surface area contributed by atoms with Crippen molar-refractivity contribution in [2.75, 3.05) is 96.4 Å². The third-order valence-electron chi connectivity index (χ3n) is 11.4. The Balaban J connectivity index is 0.898. The number of aliphatic hydroxyl groups excluding tert-OH is 2. The Kier molecular flexibility index (Phi) is 29.2. The van der Waals surface area contributed by atoms with E-state index in [9.17, 15) is 29.4 Å². The molecular weight excluding hydrogens is 1060 g/mol. The molecule has 0 saturated heterocycles. The van der Waals surface area contributed by atoms with Gasteiger partial charge in [0.2, 0.25) is 0 Å². The Morgan fingerprint density at radius 3 is 1.78 bits per heavy atom. The summed E-state index contributed by atoms with van der Waals surface area (Å²) in [6.07, 6.45) is 2.71. The highest BCUT2D eigenvalue weighted by atomic mass is 35.5. The van der Waals surface area contributed by atoms with Crippen molar-refractivity contribution < 1.29 is 57.8 Å². The van der Waals surface area contributed by atoms with Crippen molar-refractivity contribution in [1.29, 1.82) is 5.41 Å². The summed E-state index contributed by atoms with van der Waals surface area (Å²) in [5, 5.41) is 33.4. The van der Waals surface area contributed by atoms with Crippen molar-refractivity contribution in [3.05, 3.63) is 87.0 Å². The molecule has 0 spiro atoms. The van der Waals surface area contributed by atoms with Crippen LogP contribution in [0, 0.1) is 12.3 Å². The van der Waals surface area contributed by atoms with Crippen LogP contribution < -0.4 is 43.0 Å². The number of carbonyl (C=O) groups excluding carboxylic acids is 4. The molecule has 2 atom stereocenters. The first-order valence-corrected chi connectivity index (χ1v) is 26.3. The summed E-state index contributed by atoms with van der Waals surface area (Å²) < 4.78 is 33.5. The van der Waals surface area contributed by atoms with Crippen LogP contribution in [-0.2, 0) is 41.4 Å². The zero-order valence-electron chi connectivity index (χ0n) is 43.8. The number of aromatic nitrogens is 4. The summed E-state index contributed by atoms with van der Waals surface area (Å²) in [6.45, 7) is 4.91. The molecule has 0 aliphatic heterocycles. The normalized spacial score (nSPS) is 12.2. The number of Topliss-reactive ketones (excluding diaryl/α,β-unsaturated/α-hetero) is 2. The summed E-state index contributed by atoms with van der Waals surface area (Å²) in [5.74, 6) is -1.56. The number of nitrogens with zero attached hydrogens (tertiary/aromatic N) is 5. The second-order valence-electron chi connectivity index (χ2n) is 17.6. The summed E-state index contributed by atoms with van der Waals surface area (Å²) in [4.78, 5) is 69.4. The lowest BCUT2D eigenvalue weighted by Gasteiger charge is -2.16. The Labute approximate surface area is 463 Å². The number of hydrogen-bond acceptors (Lipinski definition) is 21. The maximum Gasteiger partial charge on any atom is 0.280 e. The number of carbonyl (C=O) groups is 4. The number of aliphatic hydroxyl groups is 2. The number of nitrogens with one attached hydrogen (secondary N) is 3. The molecule has 0 bridgehead atoms. The van der Waals surface area contributed by atoms with Gasteiger partial charge in [-0.2, -0.15) is 0 Å². The van der Waals surface area contributed by atoms with E-state index < -0.39 is 29.8 Å². The molecule has 2 amide bonds. The fraction of sp³-hybridized carbons (Fsp3) is 0.500. The number of anilines is 3. The molecule has 0 radical (unpaired) electrons. The smallest absolute Gasteiger partial charge is 0.280 e. The van der Waals surface area contributed by atoms with Gasteiger partial charge in [-0.15, -0.1) is 0 Å². The van der Waals surface area contributed by atoms with Crippen LogP contribution >= 0.6 is 23.2 Å². The van der Waals surface area contributed by atoms with Gasteiger partial charge in [0, 0.05) is 31.8 Å². The van der Waals surface area contributed by atoms with E-state index in [1.165, 1.54) is 5.56 Å². The van der Waals surface area contributed by atoms with Crippen LogP contribution in [-0.4, -0.2) is 157 Å². The molecule has 0 aliphatic rings. The van der Waals surface area contributed by atoms with E-state index in [-0.39, 0.29) is 110 Å². The van der Waals surface area contributed by atoms with Crippen LogP contribution in [0.15, 0.2) is 53.5 Å². The van der Waals surface area contributed by atoms with Gasteiger partial charge in [-0.1, -0.05) is 53.9 Å². The number of aryl methyl sites for hydroxylation is 3. The number of benzene rings is 2. The van der Waals surface area contributed by atoms with Gasteiger partial charge in [0.05, 0.1) is 58.4 Å². The highest BCUT2D eigenvalue weighted by molar-refractivity contribution is 6.32. The Morgan fingerprint density at radius 1 is 0.628 bits per heavy atom. The number of halogens is 2. The quantitative estimate of drug-likeness (QED) is 0.0133. The largest absolute Gasteiger partial charge is 0.491 e. The molecule has 2 aromatic carbocycles. The third kappa shape index (κ3) is 24.4. The van der Waals surface area contributed by atoms with Crippen molar-refractivity contribution in [2.24, 2.45) is 10.7 Å². The summed E-state index contributed by atoms with van der Waals surface area (Å²) in [7, 11) is 0. The molecule has 78 heavy (non-hydrogen) atoms. The van der Waals surface area contributed by atoms with Gasteiger partial charge in [-0.25, -0.2) is 19.9 Å². The van der Waals surface area contributed by atoms with E-state index in [0.717, 1.165) is 56.3 Å². The molecule has 0 saturated carbocycles. The molecule has 426 valence electrons. The molecule has 2 unspecified atom stereocenters. The fourth-order valence-corrected chi connectivity index (χ4v) is 7.40. The molecule has 4 aromatic rings. The minimum atomic E-state index is -1.92. The van der Waals surface area contributed by atoms with Gasteiger partial charge >= 0.3 is 0 Å². The van der Waals surface area contributed by atoms with Gasteiger partial charge in [-0.05, 0) is 93.7 Å². The lowest BCUT2D eigenvalue weighted by atomic mass is 10.0. The molecule has 2 aromatic heterocycles. The predicted molar refractivity (Wildman–Crippen MR) is 294 cm³/mol. The van der Waals surface area contributed by atoms with E-state index in [1.807, 2.05) is 48.5 Å². The monoisotopic (exact) mass is 1130 g/mol. The molecule has 24 nitrogen and oxygen atoms in total. The fourth-order valence-electron chi connectivity index (χ4n) is 7.15. The third-order valence-corrected chi connectivity index (χ3v) is 12.0. The van der Waals surface area contributed by atoms with E-state index in [2.05, 4.69) is 35.6 Å². The van der Waals surface area contributed by atoms with E-state index in [0.29, 0.717) is 63.2 Å². The minimum Gasteiger partial charge on any atom is -0.491 e. The van der Waals surface area contributed by atoms with Crippen LogP contribution in [0.3, 0.4) is 0 Å². The van der Waals surface area contributed by atoms with Crippen LogP contribution in [0.1, 0.15) is 95.6 Å². The number of nitrogen functional groups attached to an aromatic ring is 3. The molecule has 0 fully saturated rings. The lowest BCUT2D eigenvalue weighted by molar-refractivity contribution is -0.145. The predicted octanol–water partition coefficient (Wildman–Crippen LogP) is 3.80. The maximum absolute atomic E-state index is 12.5. The molecule has 13 N–H and O–H groups in total. The van der Waals surface area contributed by atoms with Crippen molar-refractivity contribution >= 4 is 75.7 Å². The highest BCUT2D eigenvalue weighted by Gasteiger charge is 2.29. The standard InChI is InChI=1S/C52H72Cl2N12O12/c1-33-45(53)63-41(47(56)62-33)40(68)32-36(55)10-4-2-3-8-34-12-16-37(17-13-34)77-30-28-75-26-24-73-22-7-11-39(67)43(69)44(70)51(72)60-21-23-74-25-27-76-29-31-78-38-18-14-35(15-19-38)9-5-6-20-61-52(59)66-50(71)42-48(57)65-49(58)46(54)64-42/h12-19,43-44,55,69-70H,2-11,20-32H2,1H3,(H2,56,62)(H,60,72)(H4,57,58,65)(H3,59,61,66,71). The number of nitrogens with two attached hydrogens (primary N) is 4. The van der Waals surface area contributed by atoms with Crippen molar-refractivity contribution in [2.45, 2.75) is 89.8 Å². The highest BCUT2D eigenvalue weighted by Crippen LogP contribution is 2.20. The van der Waals surface area contributed by atoms with Crippen LogP contribution in [0.25, 0.3) is 0 Å². The van der Waals surface area contributed by atoms with E-state index >= 15 is 0 Å². The molecule has 0 aliphatic carbocycles. The van der Waals surface area contributed by atoms with Crippen molar-refractivity contribution in [1.82, 2.24) is 30.6 Å². The molecule has 2 heterocycles. The van der Waals surface area contributed by atoms with Gasteiger partial charge in [0.25, 0.3) is 11.8 Å². The minimum absolute atomic E-state index is 0.00498. The summed E-state index contributed by atoms with van der Waals surface area (Å²) in [5.41, 5.74) is 25.7. The lowest BCUT2D eigenvalue weighted by Crippen LogP contribution is -2.46. The molecule has 4 rings (SSSR count). The van der Waals surface area contributed by atoms with Crippen LogP contribution in [0.2, 0.25) is 10.3 Å². The van der Waals surface area contributed by atoms with Gasteiger partial charge in [0.15, 0.2) is 62.8 Å². The average Bonchev–Trinajstić information content (AvgIpc) is 3.43. The van der Waals surface area contributed by atoms with Gasteiger partial charge in [0.1, 0.15) is 30.8 Å². The van der Waals surface area contributed by atoms with Crippen molar-refractivity contribution in [3.63, 3.8) is 0 Å². The number of guanidine groups is 1. The van der Waals surface area contributed by atoms with Crippen molar-refractivity contribution in [3.8, 4) is 11.5 Å². The van der Waals surface area contributed by atoms with Gasteiger partial charge < -0.3 is 72.3 Å². The van der Waals surface area contributed by atoms with E-state index in [1.54, 1.807) is 6.92 Å². The molecular formula is C52H72Cl2N12O12. The second-order valence-corrected chi connectivity index (χ2v) is 18.3. The average molecular weight is 1130 g/mol.